The van der Waals surface area contributed by atoms with Crippen LogP contribution in [-0.2, 0) is 11.5 Å². The first-order valence-electron chi connectivity index (χ1n) is 14.7. The second-order valence-electron chi connectivity index (χ2n) is 11.7. The highest BCUT2D eigenvalue weighted by Gasteiger charge is 2.23. The van der Waals surface area contributed by atoms with Crippen LogP contribution in [0.4, 0.5) is 10.6 Å². The van der Waals surface area contributed by atoms with Crippen LogP contribution in [0.5, 0.6) is 11.8 Å². The van der Waals surface area contributed by atoms with Crippen LogP contribution in [0, 0.1) is 6.92 Å². The Morgan fingerprint density at radius 1 is 1.00 bits per heavy atom. The quantitative estimate of drug-likeness (QED) is 0.223. The summed E-state index contributed by atoms with van der Waals surface area (Å²) in [4.78, 5) is 31.3. The third kappa shape index (κ3) is 8.18. The Balaban J connectivity index is 1.53. The Morgan fingerprint density at radius 3 is 2.29 bits per heavy atom. The number of carbonyl (C=O) groups is 1. The van der Waals surface area contributed by atoms with Crippen LogP contribution >= 0.6 is 0 Å². The number of rotatable bonds is 13. The second kappa shape index (κ2) is 14.3. The molecule has 0 atom stereocenters. The molecule has 2 amide bonds. The average molecular weight is 599 g/mol. The van der Waals surface area contributed by atoms with E-state index in [4.69, 9.17) is 19.2 Å². The number of nitrogens with zero attached hydrogens (tertiary/aromatic N) is 6. The lowest BCUT2D eigenvalue weighted by Crippen LogP contribution is -2.48. The number of pyridine rings is 1. The molecule has 0 spiro atoms. The third-order valence-corrected chi connectivity index (χ3v) is 9.13. The van der Waals surface area contributed by atoms with Crippen molar-refractivity contribution in [1.29, 1.82) is 0 Å². The van der Waals surface area contributed by atoms with Crippen molar-refractivity contribution in [3.05, 3.63) is 24.2 Å². The number of amides is 2. The number of aromatic nitrogens is 4. The number of ether oxygens (including phenoxy) is 3. The van der Waals surface area contributed by atoms with Gasteiger partial charge in [0.05, 0.1) is 14.2 Å². The van der Waals surface area contributed by atoms with E-state index in [1.54, 1.807) is 27.2 Å². The minimum atomic E-state index is -1.24. The summed E-state index contributed by atoms with van der Waals surface area (Å²) in [6.45, 7) is 18.6. The topological polar surface area (TPSA) is 119 Å². The molecule has 1 fully saturated rings. The second-order valence-corrected chi connectivity index (χ2v) is 17.4. The first kappa shape index (κ1) is 31.7. The predicted molar refractivity (Wildman–Crippen MR) is 168 cm³/mol. The summed E-state index contributed by atoms with van der Waals surface area (Å²) in [6, 6.07) is 4.49. The Hall–Kier alpha value is -3.26. The van der Waals surface area contributed by atoms with Crippen LogP contribution < -0.4 is 20.1 Å². The van der Waals surface area contributed by atoms with Crippen LogP contribution in [0.2, 0.25) is 25.7 Å². The van der Waals surface area contributed by atoms with Gasteiger partial charge in [-0.05, 0) is 31.6 Å². The maximum absolute atomic E-state index is 12.7. The van der Waals surface area contributed by atoms with Crippen LogP contribution in [0.1, 0.15) is 12.7 Å². The lowest BCUT2D eigenvalue weighted by molar-refractivity contribution is 0.0899. The zero-order valence-corrected chi connectivity index (χ0v) is 27.1. The number of anilines is 1. The minimum absolute atomic E-state index is 0.283. The Kier molecular flexibility index (Phi) is 10.8. The van der Waals surface area contributed by atoms with E-state index >= 15 is 0 Å². The van der Waals surface area contributed by atoms with Crippen LogP contribution in [0.15, 0.2) is 18.3 Å². The highest BCUT2D eigenvalue weighted by Crippen LogP contribution is 2.40. The van der Waals surface area contributed by atoms with Crippen LogP contribution in [0.25, 0.3) is 22.2 Å². The highest BCUT2D eigenvalue weighted by molar-refractivity contribution is 6.76. The first-order chi connectivity index (χ1) is 20.1. The van der Waals surface area contributed by atoms with Crippen molar-refractivity contribution in [2.75, 3.05) is 72.0 Å². The molecule has 1 saturated heterocycles. The van der Waals surface area contributed by atoms with Crippen molar-refractivity contribution in [2.45, 2.75) is 46.3 Å². The molecular formula is C29H46N8O4Si. The fraction of sp³-hybridized carbons (Fsp3) is 0.586. The number of aryl methyl sites for hydroxylation is 1. The Morgan fingerprint density at radius 2 is 1.67 bits per heavy atom. The maximum Gasteiger partial charge on any atom is 0.320 e. The standard InChI is InChI=1S/C29H46N8O4Si/c1-8-35-13-15-36(16-14-35)12-11-30-29(38)34-24-10-9-22-23(25-27(39-3)31-21(2)32-28(25)40-4)19-37(26(22)33-24)20-41-17-18-42(5,6)7/h9-10,19H,8,11-18,20H2,1-7H3,(H2,30,33,34,38). The molecule has 4 rings (SSSR count). The van der Waals surface area contributed by atoms with Gasteiger partial charge in [-0.1, -0.05) is 26.6 Å². The number of hydrogen-bond donors (Lipinski definition) is 2. The SMILES string of the molecule is CCN1CCN(CCNC(=O)Nc2ccc3c(-c4c(OC)nc(C)nc4OC)cn(COCC[Si](C)(C)C)c3n2)CC1. The van der Waals surface area contributed by atoms with Crippen molar-refractivity contribution in [3.8, 4) is 22.9 Å². The van der Waals surface area contributed by atoms with Gasteiger partial charge in [-0.3, -0.25) is 10.2 Å². The Bertz CT molecular complexity index is 1330. The number of hydrogen-bond acceptors (Lipinski definition) is 9. The van der Waals surface area contributed by atoms with Gasteiger partial charge in [0.25, 0.3) is 0 Å². The van der Waals surface area contributed by atoms with Gasteiger partial charge in [-0.15, -0.1) is 0 Å². The molecule has 3 aromatic heterocycles. The van der Waals surface area contributed by atoms with Crippen molar-refractivity contribution in [3.63, 3.8) is 0 Å². The van der Waals surface area contributed by atoms with E-state index in [1.807, 2.05) is 16.8 Å². The van der Waals surface area contributed by atoms with Crippen molar-refractivity contribution >= 4 is 31.0 Å². The number of urea groups is 1. The van der Waals surface area contributed by atoms with Crippen molar-refractivity contribution in [2.24, 2.45) is 0 Å². The first-order valence-corrected chi connectivity index (χ1v) is 18.4. The number of methoxy groups -OCH3 is 2. The lowest BCUT2D eigenvalue weighted by Gasteiger charge is -2.33. The average Bonchev–Trinajstić information content (AvgIpc) is 3.31. The summed E-state index contributed by atoms with van der Waals surface area (Å²) in [7, 11) is 1.91. The van der Waals surface area contributed by atoms with Gasteiger partial charge in [-0.2, -0.15) is 9.97 Å². The molecule has 0 saturated carbocycles. The van der Waals surface area contributed by atoms with Gasteiger partial charge >= 0.3 is 6.03 Å². The highest BCUT2D eigenvalue weighted by atomic mass is 28.3. The van der Waals surface area contributed by atoms with E-state index in [1.165, 1.54) is 0 Å². The molecule has 230 valence electrons. The molecule has 12 nitrogen and oxygen atoms in total. The normalized spacial score (nSPS) is 14.7. The van der Waals surface area contributed by atoms with Gasteiger partial charge < -0.3 is 29.0 Å². The van der Waals surface area contributed by atoms with E-state index in [0.29, 0.717) is 54.5 Å². The summed E-state index contributed by atoms with van der Waals surface area (Å²) >= 11 is 0. The van der Waals surface area contributed by atoms with E-state index in [2.05, 4.69) is 57.0 Å². The fourth-order valence-corrected chi connectivity index (χ4v) is 5.69. The van der Waals surface area contributed by atoms with E-state index < -0.39 is 8.07 Å². The van der Waals surface area contributed by atoms with Gasteiger partial charge in [-0.25, -0.2) is 9.78 Å². The molecule has 3 aromatic rings. The summed E-state index contributed by atoms with van der Waals surface area (Å²) in [5.74, 6) is 1.82. The molecule has 42 heavy (non-hydrogen) atoms. The van der Waals surface area contributed by atoms with Crippen LogP contribution in [0.3, 0.4) is 0 Å². The summed E-state index contributed by atoms with van der Waals surface area (Å²) in [5, 5.41) is 6.70. The van der Waals surface area contributed by atoms with Gasteiger partial charge in [0.15, 0.2) is 0 Å². The smallest absolute Gasteiger partial charge is 0.320 e. The number of piperazine rings is 1. The van der Waals surface area contributed by atoms with E-state index in [-0.39, 0.29) is 6.03 Å². The van der Waals surface area contributed by atoms with Gasteiger partial charge in [0, 0.05) is 71.1 Å². The van der Waals surface area contributed by atoms with Gasteiger partial charge in [0.2, 0.25) is 11.8 Å². The summed E-state index contributed by atoms with van der Waals surface area (Å²) in [6.07, 6.45) is 1.95. The molecule has 0 bridgehead atoms. The molecule has 0 aliphatic carbocycles. The van der Waals surface area contributed by atoms with Crippen molar-refractivity contribution in [1.82, 2.24) is 34.6 Å². The number of fused-ring (bicyclic) bond motifs is 1. The molecular weight excluding hydrogens is 552 g/mol. The van der Waals surface area contributed by atoms with E-state index in [9.17, 15) is 4.79 Å². The van der Waals surface area contributed by atoms with Crippen LogP contribution in [-0.4, -0.2) is 110 Å². The summed E-state index contributed by atoms with van der Waals surface area (Å²) < 4.78 is 19.3. The number of likely N-dealkylation sites (N-methyl/N-ethyl adjacent to an activating group) is 1. The predicted octanol–water partition coefficient (Wildman–Crippen LogP) is 3.89. The number of carbonyl (C=O) groups excluding carboxylic acids is 1. The fourth-order valence-electron chi connectivity index (χ4n) is 4.94. The largest absolute Gasteiger partial charge is 0.480 e. The molecule has 13 heteroatoms. The molecule has 0 aromatic carbocycles. The third-order valence-electron chi connectivity index (χ3n) is 7.43. The maximum atomic E-state index is 12.7. The molecule has 0 unspecified atom stereocenters. The Labute approximate surface area is 249 Å². The zero-order chi connectivity index (χ0) is 30.3. The molecule has 0 radical (unpaired) electrons. The minimum Gasteiger partial charge on any atom is -0.480 e. The lowest BCUT2D eigenvalue weighted by atomic mass is 10.1. The zero-order valence-electron chi connectivity index (χ0n) is 26.1. The molecule has 4 heterocycles. The molecule has 1 aliphatic heterocycles. The van der Waals surface area contributed by atoms with Gasteiger partial charge in [0.1, 0.15) is 29.6 Å². The monoisotopic (exact) mass is 598 g/mol. The number of nitrogens with one attached hydrogen (secondary N) is 2. The summed E-state index contributed by atoms with van der Waals surface area (Å²) in [5.41, 5.74) is 2.10. The molecule has 2 N–H and O–H groups in total. The molecule has 1 aliphatic rings. The van der Waals surface area contributed by atoms with E-state index in [0.717, 1.165) is 56.3 Å². The van der Waals surface area contributed by atoms with Crippen molar-refractivity contribution < 1.29 is 19.0 Å².